The van der Waals surface area contributed by atoms with Crippen LogP contribution in [0.25, 0.3) is 0 Å². The Morgan fingerprint density at radius 2 is 1.84 bits per heavy atom. The van der Waals surface area contributed by atoms with Gasteiger partial charge in [-0.2, -0.15) is 0 Å². The molecule has 0 bridgehead atoms. The number of nitrogen functional groups attached to an aromatic ring is 1. The van der Waals surface area contributed by atoms with Crippen molar-refractivity contribution in [3.8, 4) is 0 Å². The minimum atomic E-state index is -1.08. The van der Waals surface area contributed by atoms with E-state index in [-0.39, 0.29) is 33.2 Å². The number of rotatable bonds is 5. The first-order chi connectivity index (χ1) is 12.0. The topological polar surface area (TPSA) is 81.4 Å². The van der Waals surface area contributed by atoms with Gasteiger partial charge < -0.3 is 15.8 Å². The van der Waals surface area contributed by atoms with E-state index in [4.69, 9.17) is 33.7 Å². The maximum Gasteiger partial charge on any atom is 0.341 e. The summed E-state index contributed by atoms with van der Waals surface area (Å²) in [4.78, 5) is 25.1. The van der Waals surface area contributed by atoms with Crippen molar-refractivity contribution >= 4 is 40.8 Å². The fraction of sp³-hybridized carbons (Fsp3) is 0.222. The van der Waals surface area contributed by atoms with Crippen molar-refractivity contribution in [3.05, 3.63) is 63.6 Å². The number of anilines is 1. The van der Waals surface area contributed by atoms with Crippen LogP contribution in [0.1, 0.15) is 34.9 Å². The molecule has 3 N–H and O–H groups in total. The molecule has 1 fully saturated rings. The Bertz CT molecular complexity index is 807. The van der Waals surface area contributed by atoms with E-state index >= 15 is 0 Å². The van der Waals surface area contributed by atoms with Crippen LogP contribution in [0.15, 0.2) is 42.5 Å². The number of carbonyl (C=O) groups excluding carboxylic acids is 2. The van der Waals surface area contributed by atoms with E-state index in [9.17, 15) is 9.59 Å². The molecular formula is C18H16Cl2N2O3. The molecule has 0 unspecified atom stereocenters. The zero-order chi connectivity index (χ0) is 18.0. The summed E-state index contributed by atoms with van der Waals surface area (Å²) in [5.41, 5.74) is 6.50. The minimum absolute atomic E-state index is 0.0256. The second-order valence-electron chi connectivity index (χ2n) is 5.83. The van der Waals surface area contributed by atoms with Crippen LogP contribution in [0.4, 0.5) is 5.69 Å². The number of halogens is 2. The van der Waals surface area contributed by atoms with Gasteiger partial charge >= 0.3 is 5.97 Å². The summed E-state index contributed by atoms with van der Waals surface area (Å²) >= 11 is 11.9. The molecule has 7 heteroatoms. The molecule has 0 aromatic heterocycles. The van der Waals surface area contributed by atoms with Crippen LogP contribution in [0, 0.1) is 0 Å². The standard InChI is InChI=1S/C18H16Cl2N2O3/c19-11-8-13(15(21)14(20)9-11)18(24)25-16(10-4-2-1-3-5-10)17(23)22-12-6-7-12/h1-5,8-9,12,16H,6-7,21H2,(H,22,23)/t16-/m0/s1. The second kappa shape index (κ2) is 7.33. The van der Waals surface area contributed by atoms with Gasteiger partial charge in [0.25, 0.3) is 5.91 Å². The maximum absolute atomic E-state index is 12.6. The quantitative estimate of drug-likeness (QED) is 0.612. The van der Waals surface area contributed by atoms with E-state index in [1.807, 2.05) is 6.07 Å². The van der Waals surface area contributed by atoms with E-state index in [1.54, 1.807) is 24.3 Å². The maximum atomic E-state index is 12.6. The van der Waals surface area contributed by atoms with Crippen molar-refractivity contribution in [2.24, 2.45) is 0 Å². The third-order valence-corrected chi connectivity index (χ3v) is 4.33. The van der Waals surface area contributed by atoms with E-state index in [0.29, 0.717) is 5.56 Å². The van der Waals surface area contributed by atoms with Gasteiger partial charge in [0.1, 0.15) is 0 Å². The van der Waals surface area contributed by atoms with E-state index < -0.39 is 12.1 Å². The molecule has 0 heterocycles. The van der Waals surface area contributed by atoms with Crippen LogP contribution in [-0.4, -0.2) is 17.9 Å². The lowest BCUT2D eigenvalue weighted by atomic mass is 10.1. The Balaban J connectivity index is 1.87. The van der Waals surface area contributed by atoms with E-state index in [2.05, 4.69) is 5.32 Å². The van der Waals surface area contributed by atoms with Crippen molar-refractivity contribution in [3.63, 3.8) is 0 Å². The molecule has 0 aliphatic heterocycles. The van der Waals surface area contributed by atoms with Gasteiger partial charge in [0, 0.05) is 16.6 Å². The summed E-state index contributed by atoms with van der Waals surface area (Å²) in [6.45, 7) is 0. The van der Waals surface area contributed by atoms with Gasteiger partial charge in [-0.25, -0.2) is 4.79 Å². The van der Waals surface area contributed by atoms with Crippen LogP contribution >= 0.6 is 23.2 Å². The lowest BCUT2D eigenvalue weighted by molar-refractivity contribution is -0.130. The lowest BCUT2D eigenvalue weighted by Crippen LogP contribution is -2.33. The van der Waals surface area contributed by atoms with Gasteiger partial charge in [-0.1, -0.05) is 53.5 Å². The number of benzene rings is 2. The molecule has 0 spiro atoms. The third kappa shape index (κ3) is 4.24. The number of hydrogen-bond donors (Lipinski definition) is 2. The minimum Gasteiger partial charge on any atom is -0.444 e. The van der Waals surface area contributed by atoms with Gasteiger partial charge in [0.15, 0.2) is 0 Å². The summed E-state index contributed by atoms with van der Waals surface area (Å²) in [5, 5.41) is 3.25. The molecule has 1 amide bonds. The summed E-state index contributed by atoms with van der Waals surface area (Å²) in [7, 11) is 0. The molecular weight excluding hydrogens is 363 g/mol. The number of nitrogens with two attached hydrogens (primary N) is 1. The molecule has 0 saturated heterocycles. The number of carbonyl (C=O) groups is 2. The van der Waals surface area contributed by atoms with Gasteiger partial charge in [-0.3, -0.25) is 4.79 Å². The Labute approximate surface area is 155 Å². The molecule has 1 atom stereocenters. The SMILES string of the molecule is Nc1c(Cl)cc(Cl)cc1C(=O)O[C@H](C(=O)NC1CC1)c1ccccc1. The molecule has 25 heavy (non-hydrogen) atoms. The van der Waals surface area contributed by atoms with Gasteiger partial charge in [0.2, 0.25) is 6.10 Å². The molecule has 130 valence electrons. The molecule has 3 rings (SSSR count). The number of amides is 1. The first-order valence-corrected chi connectivity index (χ1v) is 8.52. The smallest absolute Gasteiger partial charge is 0.341 e. The zero-order valence-electron chi connectivity index (χ0n) is 13.2. The van der Waals surface area contributed by atoms with Crippen LogP contribution in [-0.2, 0) is 9.53 Å². The van der Waals surface area contributed by atoms with Crippen LogP contribution in [0.2, 0.25) is 10.0 Å². The second-order valence-corrected chi connectivity index (χ2v) is 6.67. The van der Waals surface area contributed by atoms with Gasteiger partial charge in [-0.05, 0) is 25.0 Å². The first-order valence-electron chi connectivity index (χ1n) is 7.76. The largest absolute Gasteiger partial charge is 0.444 e. The van der Waals surface area contributed by atoms with E-state index in [0.717, 1.165) is 12.8 Å². The highest BCUT2D eigenvalue weighted by atomic mass is 35.5. The monoisotopic (exact) mass is 378 g/mol. The fourth-order valence-corrected chi connectivity index (χ4v) is 2.82. The van der Waals surface area contributed by atoms with Crippen molar-refractivity contribution in [1.29, 1.82) is 0 Å². The third-order valence-electron chi connectivity index (χ3n) is 3.80. The van der Waals surface area contributed by atoms with Crippen LogP contribution < -0.4 is 11.1 Å². The summed E-state index contributed by atoms with van der Waals surface area (Å²) in [5.74, 6) is -1.13. The van der Waals surface area contributed by atoms with Crippen molar-refractivity contribution in [2.75, 3.05) is 5.73 Å². The Kier molecular flexibility index (Phi) is 5.16. The average molecular weight is 379 g/mol. The first kappa shape index (κ1) is 17.6. The highest BCUT2D eigenvalue weighted by Gasteiger charge is 2.31. The van der Waals surface area contributed by atoms with Crippen molar-refractivity contribution in [1.82, 2.24) is 5.32 Å². The number of ether oxygens (including phenoxy) is 1. The lowest BCUT2D eigenvalue weighted by Gasteiger charge is -2.18. The predicted octanol–water partition coefficient (Wildman–Crippen LogP) is 3.75. The normalized spacial score (nSPS) is 14.6. The van der Waals surface area contributed by atoms with Crippen LogP contribution in [0.5, 0.6) is 0 Å². The highest BCUT2D eigenvalue weighted by molar-refractivity contribution is 6.37. The number of hydrogen-bond acceptors (Lipinski definition) is 4. The molecule has 2 aromatic rings. The average Bonchev–Trinajstić information content (AvgIpc) is 3.40. The summed E-state index contributed by atoms with van der Waals surface area (Å²) in [6, 6.07) is 11.7. The van der Waals surface area contributed by atoms with Crippen LogP contribution in [0.3, 0.4) is 0 Å². The van der Waals surface area contributed by atoms with E-state index in [1.165, 1.54) is 12.1 Å². The highest BCUT2D eigenvalue weighted by Crippen LogP contribution is 2.30. The molecule has 0 radical (unpaired) electrons. The number of esters is 1. The molecule has 2 aromatic carbocycles. The molecule has 5 nitrogen and oxygen atoms in total. The summed E-state index contributed by atoms with van der Waals surface area (Å²) < 4.78 is 5.46. The fourth-order valence-electron chi connectivity index (χ4n) is 2.33. The summed E-state index contributed by atoms with van der Waals surface area (Å²) in [6.07, 6.45) is 0.780. The Morgan fingerprint density at radius 1 is 1.16 bits per heavy atom. The van der Waals surface area contributed by atoms with Crippen molar-refractivity contribution < 1.29 is 14.3 Å². The van der Waals surface area contributed by atoms with Crippen molar-refractivity contribution in [2.45, 2.75) is 25.0 Å². The number of nitrogens with one attached hydrogen (secondary N) is 1. The predicted molar refractivity (Wildman–Crippen MR) is 96.6 cm³/mol. The van der Waals surface area contributed by atoms with Gasteiger partial charge in [0.05, 0.1) is 16.3 Å². The molecule has 1 aliphatic rings. The van der Waals surface area contributed by atoms with Gasteiger partial charge in [-0.15, -0.1) is 0 Å². The Hall–Kier alpha value is -2.24. The Morgan fingerprint density at radius 3 is 2.48 bits per heavy atom. The zero-order valence-corrected chi connectivity index (χ0v) is 14.7. The molecule has 1 aliphatic carbocycles. The molecule has 1 saturated carbocycles.